The zero-order valence-electron chi connectivity index (χ0n) is 8.17. The first-order valence-electron chi connectivity index (χ1n) is 4.38. The first-order valence-corrected chi connectivity index (χ1v) is 6.20. The summed E-state index contributed by atoms with van der Waals surface area (Å²) in [5.74, 6) is 0.114. The van der Waals surface area contributed by atoms with Crippen molar-refractivity contribution in [1.29, 1.82) is 0 Å². The largest absolute Gasteiger partial charge is 0.313 e. The highest BCUT2D eigenvalue weighted by Crippen LogP contribution is 1.96. The van der Waals surface area contributed by atoms with Crippen molar-refractivity contribution in [2.45, 2.75) is 19.8 Å². The maximum atomic E-state index is 11.2. The fraction of sp³-hybridized carbons (Fsp3) is 0.875. The smallest absolute Gasteiger partial charge is 0.150 e. The van der Waals surface area contributed by atoms with Crippen molar-refractivity contribution in [3.63, 3.8) is 0 Å². The van der Waals surface area contributed by atoms with E-state index in [9.17, 15) is 13.2 Å². The molecule has 4 nitrogen and oxygen atoms in total. The topological polar surface area (TPSA) is 63.2 Å². The summed E-state index contributed by atoms with van der Waals surface area (Å²) in [6, 6.07) is 0. The van der Waals surface area contributed by atoms with Crippen molar-refractivity contribution < 1.29 is 13.2 Å². The molecule has 0 radical (unpaired) electrons. The van der Waals surface area contributed by atoms with E-state index in [0.717, 1.165) is 0 Å². The maximum absolute atomic E-state index is 11.2. The van der Waals surface area contributed by atoms with Crippen LogP contribution in [0.5, 0.6) is 0 Å². The summed E-state index contributed by atoms with van der Waals surface area (Å²) in [6.45, 7) is 2.06. The molecule has 0 heterocycles. The standard InChI is InChI=1S/C8H17NO3S/c1-3-5-13(11,12)6-4-8(10)7-9-2/h9H,3-7H2,1-2H3. The normalized spacial score (nSPS) is 11.5. The summed E-state index contributed by atoms with van der Waals surface area (Å²) in [4.78, 5) is 11.0. The van der Waals surface area contributed by atoms with Crippen LogP contribution in [0.2, 0.25) is 0 Å². The van der Waals surface area contributed by atoms with Gasteiger partial charge in [-0.15, -0.1) is 0 Å². The third-order valence-corrected chi connectivity index (χ3v) is 3.44. The Morgan fingerprint density at radius 3 is 2.38 bits per heavy atom. The lowest BCUT2D eigenvalue weighted by Gasteiger charge is -2.01. The van der Waals surface area contributed by atoms with Crippen molar-refractivity contribution in [1.82, 2.24) is 5.32 Å². The molecule has 0 aliphatic heterocycles. The average molecular weight is 207 g/mol. The van der Waals surface area contributed by atoms with Gasteiger partial charge in [-0.3, -0.25) is 4.79 Å². The van der Waals surface area contributed by atoms with E-state index in [0.29, 0.717) is 6.42 Å². The fourth-order valence-electron chi connectivity index (χ4n) is 0.968. The van der Waals surface area contributed by atoms with Crippen LogP contribution >= 0.6 is 0 Å². The minimum Gasteiger partial charge on any atom is -0.313 e. The predicted octanol–water partition coefficient (Wildman–Crippen LogP) is -0.0102. The molecule has 78 valence electrons. The summed E-state index contributed by atoms with van der Waals surface area (Å²) >= 11 is 0. The van der Waals surface area contributed by atoms with E-state index >= 15 is 0 Å². The molecule has 0 saturated heterocycles. The molecule has 0 aromatic rings. The maximum Gasteiger partial charge on any atom is 0.150 e. The van der Waals surface area contributed by atoms with E-state index in [1.54, 1.807) is 7.05 Å². The van der Waals surface area contributed by atoms with Gasteiger partial charge in [0.15, 0.2) is 9.84 Å². The van der Waals surface area contributed by atoms with E-state index < -0.39 is 9.84 Å². The Hall–Kier alpha value is -0.420. The molecule has 0 fully saturated rings. The van der Waals surface area contributed by atoms with Crippen LogP contribution in [0, 0.1) is 0 Å². The van der Waals surface area contributed by atoms with Gasteiger partial charge < -0.3 is 5.32 Å². The van der Waals surface area contributed by atoms with Crippen LogP contribution in [0.1, 0.15) is 19.8 Å². The fourth-order valence-corrected chi connectivity index (χ4v) is 2.33. The zero-order chi connectivity index (χ0) is 10.3. The molecule has 0 aliphatic rings. The Morgan fingerprint density at radius 1 is 1.31 bits per heavy atom. The Labute approximate surface area is 79.6 Å². The van der Waals surface area contributed by atoms with Gasteiger partial charge in [0.2, 0.25) is 0 Å². The van der Waals surface area contributed by atoms with E-state index in [2.05, 4.69) is 5.32 Å². The second-order valence-electron chi connectivity index (χ2n) is 2.97. The van der Waals surface area contributed by atoms with Gasteiger partial charge in [0.1, 0.15) is 5.78 Å². The Bertz CT molecular complexity index is 246. The molecule has 0 amide bonds. The van der Waals surface area contributed by atoms with Gasteiger partial charge >= 0.3 is 0 Å². The highest BCUT2D eigenvalue weighted by Gasteiger charge is 2.11. The summed E-state index contributed by atoms with van der Waals surface area (Å²) in [5.41, 5.74) is 0. The Balaban J connectivity index is 3.81. The molecule has 0 aliphatic carbocycles. The van der Waals surface area contributed by atoms with Gasteiger partial charge in [-0.2, -0.15) is 0 Å². The SMILES string of the molecule is CCCS(=O)(=O)CCC(=O)CNC. The third-order valence-electron chi connectivity index (χ3n) is 1.58. The molecule has 0 aromatic heterocycles. The number of carbonyl (C=O) groups excluding carboxylic acids is 1. The van der Waals surface area contributed by atoms with Gasteiger partial charge in [0.05, 0.1) is 12.3 Å². The van der Waals surface area contributed by atoms with Gasteiger partial charge in [-0.05, 0) is 13.5 Å². The number of Topliss-reactive ketones (excluding diaryl/α,β-unsaturated/α-hetero) is 1. The molecule has 0 unspecified atom stereocenters. The summed E-state index contributed by atoms with van der Waals surface area (Å²) < 4.78 is 22.3. The number of sulfone groups is 1. The van der Waals surface area contributed by atoms with Crippen molar-refractivity contribution in [2.24, 2.45) is 0 Å². The average Bonchev–Trinajstić information content (AvgIpc) is 2.02. The second kappa shape index (κ2) is 6.10. The molecular formula is C8H17NO3S. The predicted molar refractivity (Wildman–Crippen MR) is 52.5 cm³/mol. The van der Waals surface area contributed by atoms with Crippen LogP contribution in [0.15, 0.2) is 0 Å². The Morgan fingerprint density at radius 2 is 1.92 bits per heavy atom. The summed E-state index contributed by atoms with van der Waals surface area (Å²) in [7, 11) is -1.33. The van der Waals surface area contributed by atoms with Gasteiger partial charge in [0, 0.05) is 12.2 Å². The minimum atomic E-state index is -2.99. The highest BCUT2D eigenvalue weighted by atomic mass is 32.2. The van der Waals surface area contributed by atoms with Crippen LogP contribution in [0.3, 0.4) is 0 Å². The summed E-state index contributed by atoms with van der Waals surface area (Å²) in [5, 5.41) is 2.69. The van der Waals surface area contributed by atoms with Crippen LogP contribution in [0.25, 0.3) is 0 Å². The number of likely N-dealkylation sites (N-methyl/N-ethyl adjacent to an activating group) is 1. The first-order chi connectivity index (χ1) is 6.02. The first kappa shape index (κ1) is 12.6. The monoisotopic (exact) mass is 207 g/mol. The lowest BCUT2D eigenvalue weighted by Crippen LogP contribution is -2.22. The molecule has 0 rings (SSSR count). The molecule has 5 heteroatoms. The van der Waals surface area contributed by atoms with E-state index in [4.69, 9.17) is 0 Å². The Kier molecular flexibility index (Phi) is 5.90. The van der Waals surface area contributed by atoms with Crippen molar-refractivity contribution in [2.75, 3.05) is 25.1 Å². The minimum absolute atomic E-state index is 0.0125. The second-order valence-corrected chi connectivity index (χ2v) is 5.27. The number of rotatable bonds is 7. The number of hydrogen-bond acceptors (Lipinski definition) is 4. The molecule has 0 aromatic carbocycles. The van der Waals surface area contributed by atoms with Crippen molar-refractivity contribution in [3.05, 3.63) is 0 Å². The van der Waals surface area contributed by atoms with E-state index in [-0.39, 0.29) is 30.3 Å². The van der Waals surface area contributed by atoms with Crippen molar-refractivity contribution >= 4 is 15.6 Å². The van der Waals surface area contributed by atoms with Crippen LogP contribution in [-0.4, -0.2) is 39.3 Å². The number of hydrogen-bond donors (Lipinski definition) is 1. The lowest BCUT2D eigenvalue weighted by molar-refractivity contribution is -0.117. The van der Waals surface area contributed by atoms with E-state index in [1.165, 1.54) is 0 Å². The van der Waals surface area contributed by atoms with Crippen LogP contribution in [0.4, 0.5) is 0 Å². The van der Waals surface area contributed by atoms with Crippen LogP contribution < -0.4 is 5.32 Å². The lowest BCUT2D eigenvalue weighted by atomic mass is 10.3. The number of carbonyl (C=O) groups is 1. The van der Waals surface area contributed by atoms with Gasteiger partial charge in [0.25, 0.3) is 0 Å². The molecule has 0 atom stereocenters. The molecule has 0 saturated carbocycles. The van der Waals surface area contributed by atoms with Crippen LogP contribution in [-0.2, 0) is 14.6 Å². The highest BCUT2D eigenvalue weighted by molar-refractivity contribution is 7.91. The molecule has 0 bridgehead atoms. The van der Waals surface area contributed by atoms with E-state index in [1.807, 2.05) is 6.92 Å². The van der Waals surface area contributed by atoms with Gasteiger partial charge in [-0.25, -0.2) is 8.42 Å². The molecular weight excluding hydrogens is 190 g/mol. The molecule has 13 heavy (non-hydrogen) atoms. The molecule has 1 N–H and O–H groups in total. The quantitative estimate of drug-likeness (QED) is 0.638. The third kappa shape index (κ3) is 6.72. The number of nitrogens with one attached hydrogen (secondary N) is 1. The summed E-state index contributed by atoms with van der Waals surface area (Å²) in [6.07, 6.45) is 0.742. The zero-order valence-corrected chi connectivity index (χ0v) is 8.99. The van der Waals surface area contributed by atoms with Crippen molar-refractivity contribution in [3.8, 4) is 0 Å². The number of ketones is 1. The van der Waals surface area contributed by atoms with Gasteiger partial charge in [-0.1, -0.05) is 6.92 Å². The molecule has 0 spiro atoms.